The summed E-state index contributed by atoms with van der Waals surface area (Å²) in [6, 6.07) is 0. The third-order valence-electron chi connectivity index (χ3n) is 1.79. The molecule has 0 fully saturated rings. The first-order valence-corrected chi connectivity index (χ1v) is 9.74. The van der Waals surface area contributed by atoms with Crippen molar-refractivity contribution >= 4 is 29.5 Å². The van der Waals surface area contributed by atoms with Crippen molar-refractivity contribution in [2.75, 3.05) is 18.8 Å². The highest BCUT2D eigenvalue weighted by molar-refractivity contribution is 7.95. The summed E-state index contributed by atoms with van der Waals surface area (Å²) in [5, 5.41) is -0.861. The lowest BCUT2D eigenvalue weighted by molar-refractivity contribution is 0.437. The molecule has 10 heteroatoms. The number of rotatable bonds is 3. The third kappa shape index (κ3) is 2.87. The van der Waals surface area contributed by atoms with E-state index in [2.05, 4.69) is 4.42 Å². The van der Waals surface area contributed by atoms with Crippen LogP contribution in [0.5, 0.6) is 0 Å². The van der Waals surface area contributed by atoms with Crippen LogP contribution < -0.4 is 0 Å². The van der Waals surface area contributed by atoms with Crippen LogP contribution in [0.25, 0.3) is 0 Å². The van der Waals surface area contributed by atoms with Crippen molar-refractivity contribution in [3.8, 4) is 0 Å². The van der Waals surface area contributed by atoms with Gasteiger partial charge in [0, 0.05) is 18.8 Å². The van der Waals surface area contributed by atoms with Gasteiger partial charge in [0.2, 0.25) is 14.9 Å². The van der Waals surface area contributed by atoms with Crippen LogP contribution >= 0.6 is 0 Å². The first kappa shape index (κ1) is 14.2. The molecule has 0 unspecified atom stereocenters. The maximum absolute atomic E-state index is 11.4. The molecule has 7 nitrogen and oxygen atoms in total. The average Bonchev–Trinajstić information content (AvgIpc) is 2.42. The fourth-order valence-electron chi connectivity index (χ4n) is 1.16. The Morgan fingerprint density at radius 1 is 0.824 bits per heavy atom. The van der Waals surface area contributed by atoms with Gasteiger partial charge in [-0.15, -0.1) is 0 Å². The lowest BCUT2D eigenvalue weighted by atomic mass is 10.6. The van der Waals surface area contributed by atoms with Gasteiger partial charge < -0.3 is 4.42 Å². The highest BCUT2D eigenvalue weighted by atomic mass is 32.2. The predicted molar refractivity (Wildman–Crippen MR) is 58.0 cm³/mol. The Kier molecular flexibility index (Phi) is 3.19. The highest BCUT2D eigenvalue weighted by Crippen LogP contribution is 2.30. The Balaban J connectivity index is 3.91. The van der Waals surface area contributed by atoms with E-state index in [1.807, 2.05) is 0 Å². The Morgan fingerprint density at radius 2 is 1.29 bits per heavy atom. The lowest BCUT2D eigenvalue weighted by Crippen LogP contribution is -2.09. The van der Waals surface area contributed by atoms with Crippen LogP contribution in [-0.2, 0) is 29.5 Å². The fraction of sp³-hybridized carbons (Fsp3) is 0.429. The molecule has 0 atom stereocenters. The van der Waals surface area contributed by atoms with Crippen molar-refractivity contribution in [1.29, 1.82) is 0 Å². The second kappa shape index (κ2) is 3.82. The van der Waals surface area contributed by atoms with Crippen LogP contribution in [0, 0.1) is 0 Å². The van der Waals surface area contributed by atoms with E-state index in [0.29, 0.717) is 12.5 Å². The summed E-state index contributed by atoms with van der Waals surface area (Å²) >= 11 is 0. The Bertz CT molecular complexity index is 697. The molecule has 1 heterocycles. The van der Waals surface area contributed by atoms with E-state index in [1.54, 1.807) is 0 Å². The molecule has 0 aliphatic carbocycles. The molecule has 1 rings (SSSR count). The van der Waals surface area contributed by atoms with Gasteiger partial charge in [-0.25, -0.2) is 25.3 Å². The minimum absolute atomic E-state index is 0.613. The molecule has 0 amide bonds. The molecule has 98 valence electrons. The largest absolute Gasteiger partial charge is 0.450 e. The standard InChI is InChI=1S/C7H10O7S3/c1-15(8,9)5-4-14-7(17(3,12)13)6(5)16(2,10)11/h4H,1-3H3. The van der Waals surface area contributed by atoms with Crippen LogP contribution in [0.3, 0.4) is 0 Å². The fourth-order valence-corrected chi connectivity index (χ4v) is 5.13. The molecular weight excluding hydrogens is 292 g/mol. The minimum Gasteiger partial charge on any atom is -0.450 e. The van der Waals surface area contributed by atoms with Crippen LogP contribution in [0.15, 0.2) is 25.6 Å². The molecule has 17 heavy (non-hydrogen) atoms. The van der Waals surface area contributed by atoms with Gasteiger partial charge in [-0.1, -0.05) is 0 Å². The van der Waals surface area contributed by atoms with Crippen LogP contribution in [0.4, 0.5) is 0 Å². The molecular formula is C7H10O7S3. The smallest absolute Gasteiger partial charge is 0.237 e. The third-order valence-corrected chi connectivity index (χ3v) is 5.27. The zero-order valence-corrected chi connectivity index (χ0v) is 11.6. The average molecular weight is 302 g/mol. The topological polar surface area (TPSA) is 116 Å². The number of hydrogen-bond acceptors (Lipinski definition) is 7. The molecule has 1 aromatic rings. The highest BCUT2D eigenvalue weighted by Gasteiger charge is 2.32. The summed E-state index contributed by atoms with van der Waals surface area (Å²) in [7, 11) is -11.9. The molecule has 0 aliphatic rings. The summed E-state index contributed by atoms with van der Waals surface area (Å²) in [4.78, 5) is -1.47. The van der Waals surface area contributed by atoms with Crippen molar-refractivity contribution < 1.29 is 29.7 Å². The van der Waals surface area contributed by atoms with Gasteiger partial charge in [-0.2, -0.15) is 0 Å². The van der Waals surface area contributed by atoms with E-state index in [0.717, 1.165) is 12.5 Å². The Hall–Kier alpha value is -0.870. The Labute approximate surface area is 99.2 Å². The van der Waals surface area contributed by atoms with Gasteiger partial charge in [0.05, 0.1) is 0 Å². The van der Waals surface area contributed by atoms with Gasteiger partial charge in [0.1, 0.15) is 16.1 Å². The summed E-state index contributed by atoms with van der Waals surface area (Å²) < 4.78 is 72.7. The van der Waals surface area contributed by atoms with E-state index in [1.165, 1.54) is 0 Å². The van der Waals surface area contributed by atoms with E-state index in [9.17, 15) is 25.3 Å². The first-order chi connectivity index (χ1) is 7.35. The van der Waals surface area contributed by atoms with Crippen LogP contribution in [0.2, 0.25) is 0 Å². The van der Waals surface area contributed by atoms with Crippen molar-refractivity contribution in [2.45, 2.75) is 14.9 Å². The van der Waals surface area contributed by atoms with Gasteiger partial charge in [-0.3, -0.25) is 0 Å². The van der Waals surface area contributed by atoms with E-state index < -0.39 is 44.4 Å². The number of sulfone groups is 3. The molecule has 0 N–H and O–H groups in total. The monoisotopic (exact) mass is 302 g/mol. The SMILES string of the molecule is CS(=O)(=O)c1coc(S(C)(=O)=O)c1S(C)(=O)=O. The molecule has 0 spiro atoms. The first-order valence-electron chi connectivity index (χ1n) is 4.07. The summed E-state index contributed by atoms with van der Waals surface area (Å²) in [5.74, 6) is 0. The molecule has 0 aromatic carbocycles. The number of hydrogen-bond donors (Lipinski definition) is 0. The predicted octanol–water partition coefficient (Wildman–Crippen LogP) is -0.510. The summed E-state index contributed by atoms with van der Waals surface area (Å²) in [6.07, 6.45) is 2.81. The maximum atomic E-state index is 11.4. The quantitative estimate of drug-likeness (QED) is 0.738. The second-order valence-corrected chi connectivity index (χ2v) is 9.38. The van der Waals surface area contributed by atoms with E-state index in [4.69, 9.17) is 0 Å². The molecule has 1 aromatic heterocycles. The van der Waals surface area contributed by atoms with Crippen molar-refractivity contribution in [2.24, 2.45) is 0 Å². The Morgan fingerprint density at radius 3 is 1.59 bits per heavy atom. The second-order valence-electron chi connectivity index (χ2n) is 3.53. The van der Waals surface area contributed by atoms with Crippen molar-refractivity contribution in [1.82, 2.24) is 0 Å². The molecule has 0 saturated carbocycles. The summed E-state index contributed by atoms with van der Waals surface area (Å²) in [5.41, 5.74) is 0. The molecule has 0 bridgehead atoms. The lowest BCUT2D eigenvalue weighted by Gasteiger charge is -2.00. The van der Waals surface area contributed by atoms with Gasteiger partial charge in [0.15, 0.2) is 19.7 Å². The van der Waals surface area contributed by atoms with Gasteiger partial charge in [0.25, 0.3) is 0 Å². The summed E-state index contributed by atoms with van der Waals surface area (Å²) in [6.45, 7) is 0. The minimum atomic E-state index is -4.04. The van der Waals surface area contributed by atoms with Crippen LogP contribution in [-0.4, -0.2) is 44.0 Å². The van der Waals surface area contributed by atoms with Crippen molar-refractivity contribution in [3.63, 3.8) is 0 Å². The van der Waals surface area contributed by atoms with Crippen LogP contribution in [0.1, 0.15) is 0 Å². The zero-order valence-electron chi connectivity index (χ0n) is 9.16. The van der Waals surface area contributed by atoms with Gasteiger partial charge >= 0.3 is 0 Å². The molecule has 0 radical (unpaired) electrons. The van der Waals surface area contributed by atoms with E-state index >= 15 is 0 Å². The molecule has 0 aliphatic heterocycles. The molecule has 0 saturated heterocycles. The van der Waals surface area contributed by atoms with Crippen molar-refractivity contribution in [3.05, 3.63) is 6.26 Å². The normalized spacial score (nSPS) is 13.8. The van der Waals surface area contributed by atoms with Gasteiger partial charge in [-0.05, 0) is 0 Å². The zero-order chi connectivity index (χ0) is 13.6. The maximum Gasteiger partial charge on any atom is 0.237 e. The number of furan rings is 1. The van der Waals surface area contributed by atoms with E-state index in [-0.39, 0.29) is 0 Å².